The van der Waals surface area contributed by atoms with Crippen molar-refractivity contribution in [1.82, 2.24) is 5.32 Å². The van der Waals surface area contributed by atoms with Gasteiger partial charge in [0.05, 0.1) is 12.7 Å². The van der Waals surface area contributed by atoms with Gasteiger partial charge in [-0.15, -0.1) is 0 Å². The predicted octanol–water partition coefficient (Wildman–Crippen LogP) is 3.56. The van der Waals surface area contributed by atoms with Gasteiger partial charge in [-0.25, -0.2) is 4.39 Å². The lowest BCUT2D eigenvalue weighted by Gasteiger charge is -2.15. The van der Waals surface area contributed by atoms with Crippen molar-refractivity contribution in [2.45, 2.75) is 19.5 Å². The maximum atomic E-state index is 13.2. The first-order valence-electron chi connectivity index (χ1n) is 6.70. The summed E-state index contributed by atoms with van der Waals surface area (Å²) in [5.74, 6) is 0.330. The SMILES string of the molecule is COc1ccc(CN[C@H](C)c2cccc(F)c2)cc1C#N. The van der Waals surface area contributed by atoms with Crippen LogP contribution in [0.4, 0.5) is 4.39 Å². The summed E-state index contributed by atoms with van der Waals surface area (Å²) in [6.07, 6.45) is 0. The zero-order valence-corrected chi connectivity index (χ0v) is 12.1. The van der Waals surface area contributed by atoms with Gasteiger partial charge in [0, 0.05) is 12.6 Å². The Morgan fingerprint density at radius 2 is 2.10 bits per heavy atom. The second-order valence-electron chi connectivity index (χ2n) is 4.80. The standard InChI is InChI=1S/C17H17FN2O/c1-12(14-4-3-5-16(18)9-14)20-11-13-6-7-17(21-2)15(8-13)10-19/h3-9,12,20H,11H2,1-2H3/t12-/m1/s1. The van der Waals surface area contributed by atoms with Crippen molar-refractivity contribution in [2.75, 3.05) is 7.11 Å². The normalized spacial score (nSPS) is 11.7. The first-order valence-corrected chi connectivity index (χ1v) is 6.70. The summed E-state index contributed by atoms with van der Waals surface area (Å²) in [5.41, 5.74) is 2.38. The van der Waals surface area contributed by atoms with Crippen molar-refractivity contribution >= 4 is 0 Å². The molecule has 2 aromatic carbocycles. The summed E-state index contributed by atoms with van der Waals surface area (Å²) in [7, 11) is 1.54. The number of nitrogens with one attached hydrogen (secondary N) is 1. The van der Waals surface area contributed by atoms with Crippen molar-refractivity contribution in [3.8, 4) is 11.8 Å². The summed E-state index contributed by atoms with van der Waals surface area (Å²) >= 11 is 0. The van der Waals surface area contributed by atoms with Crippen LogP contribution in [0.15, 0.2) is 42.5 Å². The number of rotatable bonds is 5. The van der Waals surface area contributed by atoms with E-state index in [1.807, 2.05) is 19.1 Å². The van der Waals surface area contributed by atoms with Crippen molar-refractivity contribution in [2.24, 2.45) is 0 Å². The number of ether oxygens (including phenoxy) is 1. The molecule has 2 aromatic rings. The molecule has 0 saturated heterocycles. The summed E-state index contributed by atoms with van der Waals surface area (Å²) in [6.45, 7) is 2.57. The zero-order valence-electron chi connectivity index (χ0n) is 12.1. The van der Waals surface area contributed by atoms with Gasteiger partial charge in [0.25, 0.3) is 0 Å². The van der Waals surface area contributed by atoms with Gasteiger partial charge in [-0.3, -0.25) is 0 Å². The van der Waals surface area contributed by atoms with E-state index >= 15 is 0 Å². The minimum Gasteiger partial charge on any atom is -0.495 e. The number of hydrogen-bond acceptors (Lipinski definition) is 3. The van der Waals surface area contributed by atoms with Crippen LogP contribution in [0.1, 0.15) is 29.7 Å². The number of nitriles is 1. The molecular weight excluding hydrogens is 267 g/mol. The topological polar surface area (TPSA) is 45.0 Å². The third-order valence-electron chi connectivity index (χ3n) is 3.35. The first kappa shape index (κ1) is 15.0. The highest BCUT2D eigenvalue weighted by atomic mass is 19.1. The van der Waals surface area contributed by atoms with Gasteiger partial charge in [-0.05, 0) is 42.3 Å². The smallest absolute Gasteiger partial charge is 0.136 e. The zero-order chi connectivity index (χ0) is 15.2. The molecule has 108 valence electrons. The quantitative estimate of drug-likeness (QED) is 0.913. The lowest BCUT2D eigenvalue weighted by Crippen LogP contribution is -2.18. The molecule has 0 aliphatic heterocycles. The lowest BCUT2D eigenvalue weighted by atomic mass is 10.1. The molecule has 0 saturated carbocycles. The first-order chi connectivity index (χ1) is 10.1. The van der Waals surface area contributed by atoms with Crippen LogP contribution < -0.4 is 10.1 Å². The molecule has 0 heterocycles. The van der Waals surface area contributed by atoms with Crippen LogP contribution in [0.2, 0.25) is 0 Å². The average molecular weight is 284 g/mol. The van der Waals surface area contributed by atoms with E-state index in [2.05, 4.69) is 11.4 Å². The molecule has 0 bridgehead atoms. The van der Waals surface area contributed by atoms with E-state index in [-0.39, 0.29) is 11.9 Å². The highest BCUT2D eigenvalue weighted by Gasteiger charge is 2.07. The molecule has 0 unspecified atom stereocenters. The van der Waals surface area contributed by atoms with E-state index in [0.29, 0.717) is 17.9 Å². The van der Waals surface area contributed by atoms with E-state index in [0.717, 1.165) is 11.1 Å². The summed E-state index contributed by atoms with van der Waals surface area (Å²) < 4.78 is 18.3. The van der Waals surface area contributed by atoms with Crippen LogP contribution >= 0.6 is 0 Å². The third kappa shape index (κ3) is 3.80. The molecule has 21 heavy (non-hydrogen) atoms. The Hall–Kier alpha value is -2.38. The minimum absolute atomic E-state index is 0.0216. The fourth-order valence-corrected chi connectivity index (χ4v) is 2.12. The Morgan fingerprint density at radius 3 is 2.76 bits per heavy atom. The van der Waals surface area contributed by atoms with Crippen molar-refractivity contribution in [3.63, 3.8) is 0 Å². The van der Waals surface area contributed by atoms with Gasteiger partial charge in [-0.2, -0.15) is 5.26 Å². The number of methoxy groups -OCH3 is 1. The molecule has 0 aliphatic rings. The molecule has 0 aromatic heterocycles. The van der Waals surface area contributed by atoms with Crippen LogP contribution in [0.5, 0.6) is 5.75 Å². The Morgan fingerprint density at radius 1 is 1.29 bits per heavy atom. The van der Waals surface area contributed by atoms with E-state index in [1.165, 1.54) is 12.1 Å². The largest absolute Gasteiger partial charge is 0.495 e. The Kier molecular flexibility index (Phi) is 4.91. The molecule has 2 rings (SSSR count). The maximum Gasteiger partial charge on any atom is 0.136 e. The average Bonchev–Trinajstić information content (AvgIpc) is 2.52. The fraction of sp³-hybridized carbons (Fsp3) is 0.235. The number of benzene rings is 2. The van der Waals surface area contributed by atoms with Gasteiger partial charge in [0.1, 0.15) is 17.6 Å². The molecule has 0 aliphatic carbocycles. The van der Waals surface area contributed by atoms with Crippen LogP contribution in [-0.4, -0.2) is 7.11 Å². The number of nitrogens with zero attached hydrogens (tertiary/aromatic N) is 1. The molecule has 1 N–H and O–H groups in total. The van der Waals surface area contributed by atoms with E-state index in [4.69, 9.17) is 10.00 Å². The molecule has 3 nitrogen and oxygen atoms in total. The summed E-state index contributed by atoms with van der Waals surface area (Å²) in [5, 5.41) is 12.4. The van der Waals surface area contributed by atoms with E-state index < -0.39 is 0 Å². The van der Waals surface area contributed by atoms with Crippen molar-refractivity contribution < 1.29 is 9.13 Å². The number of halogens is 1. The molecule has 0 spiro atoms. The molecule has 4 heteroatoms. The second-order valence-corrected chi connectivity index (χ2v) is 4.80. The minimum atomic E-state index is -0.239. The number of hydrogen-bond donors (Lipinski definition) is 1. The molecule has 0 radical (unpaired) electrons. The predicted molar refractivity (Wildman–Crippen MR) is 79.4 cm³/mol. The van der Waals surface area contributed by atoms with Gasteiger partial charge in [0.15, 0.2) is 0 Å². The van der Waals surface area contributed by atoms with E-state index in [1.54, 1.807) is 25.3 Å². The monoisotopic (exact) mass is 284 g/mol. The van der Waals surface area contributed by atoms with Gasteiger partial charge in [0.2, 0.25) is 0 Å². The highest BCUT2D eigenvalue weighted by Crippen LogP contribution is 2.20. The van der Waals surface area contributed by atoms with E-state index in [9.17, 15) is 4.39 Å². The third-order valence-corrected chi connectivity index (χ3v) is 3.35. The van der Waals surface area contributed by atoms with Crippen molar-refractivity contribution in [1.29, 1.82) is 5.26 Å². The molecule has 0 amide bonds. The Bertz CT molecular complexity index is 664. The fourth-order valence-electron chi connectivity index (χ4n) is 2.12. The van der Waals surface area contributed by atoms with Crippen LogP contribution in [0, 0.1) is 17.1 Å². The Balaban J connectivity index is 2.05. The van der Waals surface area contributed by atoms with Crippen LogP contribution in [-0.2, 0) is 6.54 Å². The van der Waals surface area contributed by atoms with Crippen LogP contribution in [0.3, 0.4) is 0 Å². The maximum absolute atomic E-state index is 13.2. The Labute approximate surface area is 124 Å². The molecular formula is C17H17FN2O. The molecule has 1 atom stereocenters. The van der Waals surface area contributed by atoms with Gasteiger partial charge < -0.3 is 10.1 Å². The van der Waals surface area contributed by atoms with Crippen molar-refractivity contribution in [3.05, 3.63) is 65.0 Å². The van der Waals surface area contributed by atoms with Gasteiger partial charge >= 0.3 is 0 Å². The molecule has 0 fully saturated rings. The second kappa shape index (κ2) is 6.87. The highest BCUT2D eigenvalue weighted by molar-refractivity contribution is 5.45. The van der Waals surface area contributed by atoms with Crippen LogP contribution in [0.25, 0.3) is 0 Å². The van der Waals surface area contributed by atoms with Gasteiger partial charge in [-0.1, -0.05) is 18.2 Å². The summed E-state index contributed by atoms with van der Waals surface area (Å²) in [6, 6.07) is 14.1. The lowest BCUT2D eigenvalue weighted by molar-refractivity contribution is 0.413. The summed E-state index contributed by atoms with van der Waals surface area (Å²) in [4.78, 5) is 0.